The molecule has 2 saturated heterocycles. The monoisotopic (exact) mass is 263 g/mol. The first-order valence-corrected chi connectivity index (χ1v) is 7.55. The van der Waals surface area contributed by atoms with Crippen molar-refractivity contribution in [2.45, 2.75) is 38.5 Å². The number of nitrogens with one attached hydrogen (secondary N) is 2. The summed E-state index contributed by atoms with van der Waals surface area (Å²) in [6.45, 7) is 6.25. The van der Waals surface area contributed by atoms with Crippen LogP contribution in [0.4, 0.5) is 0 Å². The first-order chi connectivity index (χ1) is 7.97. The van der Waals surface area contributed by atoms with Crippen LogP contribution in [0.1, 0.15) is 20.3 Å². The number of rotatable bonds is 3. The van der Waals surface area contributed by atoms with Gasteiger partial charge in [0, 0.05) is 25.7 Å². The van der Waals surface area contributed by atoms with Crippen molar-refractivity contribution in [1.82, 2.24) is 14.3 Å². The average molecular weight is 263 g/mol. The molecule has 0 aliphatic carbocycles. The predicted octanol–water partition coefficient (Wildman–Crippen LogP) is -0.708. The van der Waals surface area contributed by atoms with Gasteiger partial charge in [0.15, 0.2) is 0 Å². The summed E-state index contributed by atoms with van der Waals surface area (Å²) in [7, 11) is -3.37. The van der Waals surface area contributed by atoms with Crippen molar-refractivity contribution in [2.24, 2.45) is 0 Å². The summed E-state index contributed by atoms with van der Waals surface area (Å²) in [5.74, 6) is 0. The zero-order valence-corrected chi connectivity index (χ0v) is 11.2. The van der Waals surface area contributed by atoms with Crippen molar-refractivity contribution in [2.75, 3.05) is 26.2 Å². The zero-order chi connectivity index (χ0) is 12.5. The standard InChI is InChI=1S/C10H21N3O3S/c1-8-6-13(7-9(2)16-8)17(14,15)12-10-3-4-11-5-10/h8-12H,3-7H2,1-2H3/t8?,9?,10-/m0/s1. The van der Waals surface area contributed by atoms with Gasteiger partial charge in [-0.15, -0.1) is 0 Å². The Hall–Kier alpha value is -0.210. The summed E-state index contributed by atoms with van der Waals surface area (Å²) in [5, 5.41) is 3.15. The molecule has 3 atom stereocenters. The van der Waals surface area contributed by atoms with Crippen LogP contribution in [0, 0.1) is 0 Å². The molecule has 0 radical (unpaired) electrons. The maximum atomic E-state index is 12.2. The highest BCUT2D eigenvalue weighted by molar-refractivity contribution is 7.87. The Kier molecular flexibility index (Phi) is 4.04. The van der Waals surface area contributed by atoms with Gasteiger partial charge in [-0.05, 0) is 26.8 Å². The fourth-order valence-electron chi connectivity index (χ4n) is 2.37. The summed E-state index contributed by atoms with van der Waals surface area (Å²) in [5.41, 5.74) is 0. The van der Waals surface area contributed by atoms with Crippen LogP contribution in [0.5, 0.6) is 0 Å². The molecule has 0 spiro atoms. The summed E-state index contributed by atoms with van der Waals surface area (Å²) >= 11 is 0. The topological polar surface area (TPSA) is 70.7 Å². The van der Waals surface area contributed by atoms with Gasteiger partial charge < -0.3 is 10.1 Å². The highest BCUT2D eigenvalue weighted by Gasteiger charge is 2.32. The molecule has 7 heteroatoms. The van der Waals surface area contributed by atoms with Crippen LogP contribution >= 0.6 is 0 Å². The molecule has 0 aromatic carbocycles. The van der Waals surface area contributed by atoms with E-state index in [-0.39, 0.29) is 18.2 Å². The first-order valence-electron chi connectivity index (χ1n) is 6.11. The Balaban J connectivity index is 1.98. The van der Waals surface area contributed by atoms with E-state index in [0.29, 0.717) is 19.6 Å². The second kappa shape index (κ2) is 5.19. The Bertz CT molecular complexity index is 344. The summed E-state index contributed by atoms with van der Waals surface area (Å²) in [6.07, 6.45) is 0.767. The van der Waals surface area contributed by atoms with E-state index in [4.69, 9.17) is 4.74 Å². The lowest BCUT2D eigenvalue weighted by Gasteiger charge is -2.34. The summed E-state index contributed by atoms with van der Waals surface area (Å²) in [4.78, 5) is 0. The maximum absolute atomic E-state index is 12.2. The fraction of sp³-hybridized carbons (Fsp3) is 1.00. The van der Waals surface area contributed by atoms with Crippen molar-refractivity contribution in [3.8, 4) is 0 Å². The molecular formula is C10H21N3O3S. The molecular weight excluding hydrogens is 242 g/mol. The maximum Gasteiger partial charge on any atom is 0.279 e. The molecule has 17 heavy (non-hydrogen) atoms. The molecule has 0 aromatic rings. The summed E-state index contributed by atoms with van der Waals surface area (Å²) < 4.78 is 34.1. The largest absolute Gasteiger partial charge is 0.373 e. The zero-order valence-electron chi connectivity index (χ0n) is 10.3. The van der Waals surface area contributed by atoms with Crippen molar-refractivity contribution in [3.63, 3.8) is 0 Å². The minimum Gasteiger partial charge on any atom is -0.373 e. The van der Waals surface area contributed by atoms with Gasteiger partial charge in [0.25, 0.3) is 10.2 Å². The number of nitrogens with zero attached hydrogens (tertiary/aromatic N) is 1. The van der Waals surface area contributed by atoms with Gasteiger partial charge in [0.05, 0.1) is 12.2 Å². The Morgan fingerprint density at radius 2 is 1.94 bits per heavy atom. The van der Waals surface area contributed by atoms with Crippen LogP contribution in [0.3, 0.4) is 0 Å². The van der Waals surface area contributed by atoms with Crippen molar-refractivity contribution >= 4 is 10.2 Å². The molecule has 0 saturated carbocycles. The lowest BCUT2D eigenvalue weighted by atomic mass is 10.3. The Labute approximate surface area is 103 Å². The van der Waals surface area contributed by atoms with Crippen LogP contribution in [-0.2, 0) is 14.9 Å². The Morgan fingerprint density at radius 1 is 1.29 bits per heavy atom. The number of morpholine rings is 1. The van der Waals surface area contributed by atoms with Crippen LogP contribution in [0.25, 0.3) is 0 Å². The first kappa shape index (κ1) is 13.2. The highest BCUT2D eigenvalue weighted by Crippen LogP contribution is 2.14. The van der Waals surface area contributed by atoms with E-state index in [1.807, 2.05) is 13.8 Å². The van der Waals surface area contributed by atoms with E-state index in [1.165, 1.54) is 4.31 Å². The third-order valence-electron chi connectivity index (χ3n) is 3.10. The van der Waals surface area contributed by atoms with Gasteiger partial charge in [0.2, 0.25) is 0 Å². The minimum atomic E-state index is -3.37. The van der Waals surface area contributed by atoms with E-state index in [9.17, 15) is 8.42 Å². The van der Waals surface area contributed by atoms with E-state index in [2.05, 4.69) is 10.0 Å². The second-order valence-corrected chi connectivity index (χ2v) is 6.59. The molecule has 2 unspecified atom stereocenters. The van der Waals surface area contributed by atoms with Crippen LogP contribution in [0.2, 0.25) is 0 Å². The van der Waals surface area contributed by atoms with Crippen LogP contribution < -0.4 is 10.0 Å². The minimum absolute atomic E-state index is 0.0217. The van der Waals surface area contributed by atoms with E-state index >= 15 is 0 Å². The van der Waals surface area contributed by atoms with Crippen LogP contribution in [0.15, 0.2) is 0 Å². The van der Waals surface area contributed by atoms with E-state index in [1.54, 1.807) is 0 Å². The SMILES string of the molecule is CC1CN(S(=O)(=O)N[C@H]2CCNC2)CC(C)O1. The smallest absolute Gasteiger partial charge is 0.279 e. The van der Waals surface area contributed by atoms with Gasteiger partial charge in [-0.2, -0.15) is 17.4 Å². The van der Waals surface area contributed by atoms with Gasteiger partial charge >= 0.3 is 0 Å². The van der Waals surface area contributed by atoms with Gasteiger partial charge in [0.1, 0.15) is 0 Å². The van der Waals surface area contributed by atoms with Gasteiger partial charge in [-0.3, -0.25) is 0 Å². The lowest BCUT2D eigenvalue weighted by Crippen LogP contribution is -2.53. The van der Waals surface area contributed by atoms with Crippen molar-refractivity contribution in [3.05, 3.63) is 0 Å². The normalized spacial score (nSPS) is 36.2. The fourth-order valence-corrected chi connectivity index (χ4v) is 3.95. The third kappa shape index (κ3) is 3.38. The van der Waals surface area contributed by atoms with Crippen molar-refractivity contribution < 1.29 is 13.2 Å². The number of hydrogen-bond acceptors (Lipinski definition) is 4. The molecule has 2 heterocycles. The molecule has 6 nitrogen and oxygen atoms in total. The third-order valence-corrected chi connectivity index (χ3v) is 4.71. The molecule has 2 N–H and O–H groups in total. The molecule has 2 rings (SSSR count). The van der Waals surface area contributed by atoms with Gasteiger partial charge in [-0.25, -0.2) is 0 Å². The number of hydrogen-bond donors (Lipinski definition) is 2. The van der Waals surface area contributed by atoms with Gasteiger partial charge in [-0.1, -0.05) is 0 Å². The lowest BCUT2D eigenvalue weighted by molar-refractivity contribution is -0.0444. The van der Waals surface area contributed by atoms with E-state index in [0.717, 1.165) is 13.0 Å². The molecule has 0 amide bonds. The molecule has 0 bridgehead atoms. The average Bonchev–Trinajstić information content (AvgIpc) is 2.68. The Morgan fingerprint density at radius 3 is 2.47 bits per heavy atom. The number of ether oxygens (including phenoxy) is 1. The van der Waals surface area contributed by atoms with Crippen molar-refractivity contribution in [1.29, 1.82) is 0 Å². The van der Waals surface area contributed by atoms with Crippen LogP contribution in [-0.4, -0.2) is 57.2 Å². The molecule has 2 aliphatic rings. The molecule has 2 fully saturated rings. The highest BCUT2D eigenvalue weighted by atomic mass is 32.2. The summed E-state index contributed by atoms with van der Waals surface area (Å²) in [6, 6.07) is 0.0217. The second-order valence-electron chi connectivity index (χ2n) is 4.89. The molecule has 0 aromatic heterocycles. The quantitative estimate of drug-likeness (QED) is 0.706. The van der Waals surface area contributed by atoms with E-state index < -0.39 is 10.2 Å². The molecule has 100 valence electrons. The molecule has 2 aliphatic heterocycles. The predicted molar refractivity (Wildman–Crippen MR) is 64.9 cm³/mol.